The van der Waals surface area contributed by atoms with E-state index in [0.29, 0.717) is 32.6 Å². The Morgan fingerprint density at radius 2 is 1.63 bits per heavy atom. The highest BCUT2D eigenvalue weighted by molar-refractivity contribution is 5.80. The summed E-state index contributed by atoms with van der Waals surface area (Å²) in [5.41, 5.74) is 1.66. The van der Waals surface area contributed by atoms with Gasteiger partial charge in [0, 0.05) is 32.6 Å². The second-order valence-corrected chi connectivity index (χ2v) is 7.69. The Hall–Kier alpha value is -2.44. The third kappa shape index (κ3) is 4.12. The number of benzene rings is 1. The van der Waals surface area contributed by atoms with Crippen molar-refractivity contribution in [1.82, 2.24) is 24.8 Å². The van der Waals surface area contributed by atoms with Gasteiger partial charge in [0.1, 0.15) is 12.1 Å². The summed E-state index contributed by atoms with van der Waals surface area (Å²) < 4.78 is 1.65. The van der Waals surface area contributed by atoms with Crippen LogP contribution in [0.3, 0.4) is 0 Å². The zero-order chi connectivity index (χ0) is 18.6. The molecule has 2 aromatic rings. The van der Waals surface area contributed by atoms with Crippen LogP contribution in [0, 0.1) is 5.92 Å². The van der Waals surface area contributed by atoms with Gasteiger partial charge in [0.2, 0.25) is 11.8 Å². The van der Waals surface area contributed by atoms with Crippen molar-refractivity contribution in [2.24, 2.45) is 5.92 Å². The standard InChI is InChI=1S/C20H27N5O2/c26-19(10-9-16-5-1-2-6-16)23-11-13-24(14-12-23)20(27)15-25-18-8-4-3-7-17(18)21-22-25/h3-4,7-8,16H,1-2,5-6,9-15H2. The van der Waals surface area contributed by atoms with Crippen LogP contribution in [0.4, 0.5) is 0 Å². The van der Waals surface area contributed by atoms with Crippen molar-refractivity contribution in [3.8, 4) is 0 Å². The molecule has 1 aliphatic heterocycles. The number of hydrogen-bond acceptors (Lipinski definition) is 4. The molecule has 2 amide bonds. The van der Waals surface area contributed by atoms with Gasteiger partial charge in [0.15, 0.2) is 0 Å². The normalized spacial score (nSPS) is 18.4. The van der Waals surface area contributed by atoms with E-state index in [2.05, 4.69) is 10.3 Å². The van der Waals surface area contributed by atoms with E-state index in [1.165, 1.54) is 25.7 Å². The quantitative estimate of drug-likeness (QED) is 0.809. The fraction of sp³-hybridized carbons (Fsp3) is 0.600. The van der Waals surface area contributed by atoms with Crippen LogP contribution in [0.5, 0.6) is 0 Å². The molecule has 0 bridgehead atoms. The van der Waals surface area contributed by atoms with Crippen LogP contribution in [-0.4, -0.2) is 62.8 Å². The molecule has 0 unspecified atom stereocenters. The zero-order valence-corrected chi connectivity index (χ0v) is 15.7. The first-order chi connectivity index (χ1) is 13.2. The van der Waals surface area contributed by atoms with Crippen molar-refractivity contribution in [3.63, 3.8) is 0 Å². The van der Waals surface area contributed by atoms with E-state index >= 15 is 0 Å². The Morgan fingerprint density at radius 3 is 2.37 bits per heavy atom. The van der Waals surface area contributed by atoms with E-state index in [9.17, 15) is 9.59 Å². The highest BCUT2D eigenvalue weighted by Crippen LogP contribution is 2.28. The lowest BCUT2D eigenvalue weighted by atomic mass is 10.0. The maximum Gasteiger partial charge on any atom is 0.244 e. The summed E-state index contributed by atoms with van der Waals surface area (Å²) in [6.07, 6.45) is 6.89. The Balaban J connectivity index is 1.26. The predicted octanol–water partition coefficient (Wildman–Crippen LogP) is 2.07. The number of hydrogen-bond donors (Lipinski definition) is 0. The second kappa shape index (κ2) is 8.06. The van der Waals surface area contributed by atoms with Gasteiger partial charge in [-0.05, 0) is 24.5 Å². The Kier molecular flexibility index (Phi) is 5.36. The molecular formula is C20H27N5O2. The predicted molar refractivity (Wildman–Crippen MR) is 102 cm³/mol. The average Bonchev–Trinajstić information content (AvgIpc) is 3.36. The van der Waals surface area contributed by atoms with Crippen molar-refractivity contribution >= 4 is 22.8 Å². The van der Waals surface area contributed by atoms with Crippen molar-refractivity contribution in [3.05, 3.63) is 24.3 Å². The van der Waals surface area contributed by atoms with E-state index in [1.54, 1.807) is 4.68 Å². The molecule has 0 N–H and O–H groups in total. The van der Waals surface area contributed by atoms with E-state index in [4.69, 9.17) is 0 Å². The highest BCUT2D eigenvalue weighted by Gasteiger charge is 2.25. The van der Waals surface area contributed by atoms with E-state index in [-0.39, 0.29) is 18.4 Å². The molecule has 0 spiro atoms. The van der Waals surface area contributed by atoms with Gasteiger partial charge in [0.05, 0.1) is 5.52 Å². The van der Waals surface area contributed by atoms with Gasteiger partial charge in [-0.15, -0.1) is 5.10 Å². The molecule has 2 heterocycles. The SMILES string of the molecule is O=C(CCC1CCCC1)N1CCN(C(=O)Cn2nnc3ccccc32)CC1. The number of nitrogens with zero attached hydrogens (tertiary/aromatic N) is 5. The minimum Gasteiger partial charge on any atom is -0.339 e. The smallest absolute Gasteiger partial charge is 0.244 e. The lowest BCUT2D eigenvalue weighted by molar-refractivity contribution is -0.140. The van der Waals surface area contributed by atoms with Gasteiger partial charge >= 0.3 is 0 Å². The molecule has 7 heteroatoms. The Bertz CT molecular complexity index is 804. The summed E-state index contributed by atoms with van der Waals surface area (Å²) in [7, 11) is 0. The molecule has 144 valence electrons. The molecule has 1 aromatic heterocycles. The summed E-state index contributed by atoms with van der Waals surface area (Å²) >= 11 is 0. The third-order valence-electron chi connectivity index (χ3n) is 5.93. The van der Waals surface area contributed by atoms with Crippen LogP contribution in [0.25, 0.3) is 11.0 Å². The first-order valence-electron chi connectivity index (χ1n) is 10.0. The molecule has 7 nitrogen and oxygen atoms in total. The van der Waals surface area contributed by atoms with Gasteiger partial charge in [-0.2, -0.15) is 0 Å². The van der Waals surface area contributed by atoms with Crippen molar-refractivity contribution in [2.45, 2.75) is 45.1 Å². The van der Waals surface area contributed by atoms with E-state index in [1.807, 2.05) is 34.1 Å². The van der Waals surface area contributed by atoms with Crippen molar-refractivity contribution in [2.75, 3.05) is 26.2 Å². The van der Waals surface area contributed by atoms with Gasteiger partial charge in [0.25, 0.3) is 0 Å². The summed E-state index contributed by atoms with van der Waals surface area (Å²) in [4.78, 5) is 28.8. The number of carbonyl (C=O) groups excluding carboxylic acids is 2. The van der Waals surface area contributed by atoms with Gasteiger partial charge in [-0.25, -0.2) is 4.68 Å². The number of para-hydroxylation sites is 1. The highest BCUT2D eigenvalue weighted by atomic mass is 16.2. The molecule has 2 aliphatic rings. The molecule has 27 heavy (non-hydrogen) atoms. The largest absolute Gasteiger partial charge is 0.339 e. The zero-order valence-electron chi connectivity index (χ0n) is 15.7. The number of carbonyl (C=O) groups is 2. The molecule has 0 radical (unpaired) electrons. The molecule has 2 fully saturated rings. The van der Waals surface area contributed by atoms with Gasteiger partial charge in [-0.1, -0.05) is 43.0 Å². The number of piperazine rings is 1. The van der Waals surface area contributed by atoms with Crippen LogP contribution in [0.15, 0.2) is 24.3 Å². The fourth-order valence-corrected chi connectivity index (χ4v) is 4.25. The molecule has 0 atom stereocenters. The number of rotatable bonds is 5. The summed E-state index contributed by atoms with van der Waals surface area (Å²) in [5, 5.41) is 8.18. The number of fused-ring (bicyclic) bond motifs is 1. The van der Waals surface area contributed by atoms with Crippen LogP contribution < -0.4 is 0 Å². The maximum absolute atomic E-state index is 12.6. The molecule has 1 saturated carbocycles. The molecule has 1 aromatic carbocycles. The van der Waals surface area contributed by atoms with E-state index in [0.717, 1.165) is 23.4 Å². The lowest BCUT2D eigenvalue weighted by Crippen LogP contribution is -2.51. The first kappa shape index (κ1) is 17.9. The van der Waals surface area contributed by atoms with E-state index < -0.39 is 0 Å². The van der Waals surface area contributed by atoms with Crippen LogP contribution in [0.2, 0.25) is 0 Å². The summed E-state index contributed by atoms with van der Waals surface area (Å²) in [6.45, 7) is 2.65. The van der Waals surface area contributed by atoms with Crippen molar-refractivity contribution < 1.29 is 9.59 Å². The monoisotopic (exact) mass is 369 g/mol. The first-order valence-corrected chi connectivity index (χ1v) is 10.0. The fourth-order valence-electron chi connectivity index (χ4n) is 4.25. The Morgan fingerprint density at radius 1 is 0.963 bits per heavy atom. The average molecular weight is 369 g/mol. The third-order valence-corrected chi connectivity index (χ3v) is 5.93. The second-order valence-electron chi connectivity index (χ2n) is 7.69. The number of aromatic nitrogens is 3. The van der Waals surface area contributed by atoms with Crippen LogP contribution in [0.1, 0.15) is 38.5 Å². The number of amides is 2. The van der Waals surface area contributed by atoms with Crippen molar-refractivity contribution in [1.29, 1.82) is 0 Å². The minimum atomic E-state index is 0.0312. The summed E-state index contributed by atoms with van der Waals surface area (Å²) in [5.74, 6) is 1.02. The Labute approximate surface area is 159 Å². The van der Waals surface area contributed by atoms with Gasteiger partial charge in [-0.3, -0.25) is 9.59 Å². The minimum absolute atomic E-state index is 0.0312. The summed E-state index contributed by atoms with van der Waals surface area (Å²) in [6, 6.07) is 7.64. The van der Waals surface area contributed by atoms with Gasteiger partial charge < -0.3 is 9.80 Å². The molecule has 1 saturated heterocycles. The lowest BCUT2D eigenvalue weighted by Gasteiger charge is -2.35. The molecule has 1 aliphatic carbocycles. The van der Waals surface area contributed by atoms with Crippen LogP contribution in [-0.2, 0) is 16.1 Å². The topological polar surface area (TPSA) is 71.3 Å². The molecule has 4 rings (SSSR count). The maximum atomic E-state index is 12.6. The van der Waals surface area contributed by atoms with Crippen LogP contribution >= 0.6 is 0 Å². The molecular weight excluding hydrogens is 342 g/mol.